The summed E-state index contributed by atoms with van der Waals surface area (Å²) in [4.78, 5) is 4.08. The van der Waals surface area contributed by atoms with Crippen LogP contribution in [0.25, 0.3) is 0 Å². The fraction of sp³-hybridized carbons (Fsp3) is 0.833. The Morgan fingerprint density at radius 2 is 2.22 bits per heavy atom. The van der Waals surface area contributed by atoms with Crippen molar-refractivity contribution in [2.24, 2.45) is 16.6 Å². The van der Waals surface area contributed by atoms with E-state index in [0.29, 0.717) is 0 Å². The lowest BCUT2D eigenvalue weighted by atomic mass is 10.4. The van der Waals surface area contributed by atoms with Crippen LogP contribution in [0.1, 0.15) is 19.8 Å². The summed E-state index contributed by atoms with van der Waals surface area (Å²) in [6.07, 6.45) is 2.72. The molecule has 0 unspecified atom stereocenters. The molecule has 2 N–H and O–H groups in total. The molecule has 0 radical (unpaired) electrons. The van der Waals surface area contributed by atoms with E-state index in [0.717, 1.165) is 18.3 Å². The summed E-state index contributed by atoms with van der Waals surface area (Å²) in [5.74, 6) is 1.59. The highest BCUT2D eigenvalue weighted by atomic mass is 35.5. The normalized spacial score (nSPS) is 19.0. The summed E-state index contributed by atoms with van der Waals surface area (Å²) in [6, 6.07) is 0. The van der Waals surface area contributed by atoms with Gasteiger partial charge in [-0.05, 0) is 25.7 Å². The van der Waals surface area contributed by atoms with Crippen molar-refractivity contribution in [3.8, 4) is 0 Å². The largest absolute Gasteiger partial charge is 0.388 e. The highest BCUT2D eigenvalue weighted by Gasteiger charge is 2.19. The predicted molar refractivity (Wildman–Crippen MR) is 42.1 cm³/mol. The molecular weight excluding hydrogens is 136 g/mol. The predicted octanol–water partition coefficient (Wildman–Crippen LogP) is 1.20. The van der Waals surface area contributed by atoms with Gasteiger partial charge < -0.3 is 5.73 Å². The summed E-state index contributed by atoms with van der Waals surface area (Å²) < 4.78 is 0. The molecule has 0 aromatic heterocycles. The van der Waals surface area contributed by atoms with Gasteiger partial charge in [0, 0.05) is 6.54 Å². The minimum atomic E-state index is 0. The van der Waals surface area contributed by atoms with Crippen LogP contribution < -0.4 is 5.73 Å². The van der Waals surface area contributed by atoms with Gasteiger partial charge >= 0.3 is 0 Å². The molecule has 0 heterocycles. The molecule has 0 aromatic rings. The lowest BCUT2D eigenvalue weighted by molar-refractivity contribution is 0.846. The SMILES string of the molecule is CC(N)=NCC1CC1.Cl. The highest BCUT2D eigenvalue weighted by molar-refractivity contribution is 5.85. The average Bonchev–Trinajstić information content (AvgIpc) is 2.41. The lowest BCUT2D eigenvalue weighted by Crippen LogP contribution is -2.06. The van der Waals surface area contributed by atoms with Crippen LogP contribution in [0.15, 0.2) is 4.99 Å². The van der Waals surface area contributed by atoms with Crippen LogP contribution in [0, 0.1) is 5.92 Å². The van der Waals surface area contributed by atoms with Crippen molar-refractivity contribution in [3.05, 3.63) is 0 Å². The van der Waals surface area contributed by atoms with Crippen LogP contribution >= 0.6 is 12.4 Å². The molecule has 1 fully saturated rings. The monoisotopic (exact) mass is 148 g/mol. The molecule has 0 saturated heterocycles. The van der Waals surface area contributed by atoms with E-state index in [9.17, 15) is 0 Å². The van der Waals surface area contributed by atoms with Gasteiger partial charge in [-0.25, -0.2) is 0 Å². The molecule has 3 heteroatoms. The van der Waals surface area contributed by atoms with Crippen LogP contribution in [0.4, 0.5) is 0 Å². The zero-order chi connectivity index (χ0) is 5.98. The maximum Gasteiger partial charge on any atom is 0.0905 e. The van der Waals surface area contributed by atoms with Gasteiger partial charge in [-0.2, -0.15) is 0 Å². The van der Waals surface area contributed by atoms with Crippen LogP contribution in [-0.2, 0) is 0 Å². The second kappa shape index (κ2) is 3.72. The van der Waals surface area contributed by atoms with E-state index in [1.54, 1.807) is 0 Å². The molecule has 0 aliphatic heterocycles. The number of aliphatic imine (C=N–C) groups is 1. The quantitative estimate of drug-likeness (QED) is 0.464. The van der Waals surface area contributed by atoms with Crippen molar-refractivity contribution < 1.29 is 0 Å². The third-order valence-electron chi connectivity index (χ3n) is 1.30. The minimum absolute atomic E-state index is 0. The lowest BCUT2D eigenvalue weighted by Gasteiger charge is -1.88. The minimum Gasteiger partial charge on any atom is -0.388 e. The van der Waals surface area contributed by atoms with E-state index in [-0.39, 0.29) is 12.4 Å². The Hall–Kier alpha value is -0.240. The smallest absolute Gasteiger partial charge is 0.0905 e. The van der Waals surface area contributed by atoms with E-state index in [1.807, 2.05) is 6.92 Å². The molecule has 1 aliphatic carbocycles. The summed E-state index contributed by atoms with van der Waals surface area (Å²) in [5, 5.41) is 0. The van der Waals surface area contributed by atoms with Gasteiger partial charge in [-0.3, -0.25) is 4.99 Å². The first-order valence-electron chi connectivity index (χ1n) is 3.05. The first kappa shape index (κ1) is 8.76. The van der Waals surface area contributed by atoms with Crippen LogP contribution in [0.2, 0.25) is 0 Å². The Bertz CT molecular complexity index is 104. The van der Waals surface area contributed by atoms with E-state index < -0.39 is 0 Å². The molecule has 9 heavy (non-hydrogen) atoms. The second-order valence-electron chi connectivity index (χ2n) is 2.43. The van der Waals surface area contributed by atoms with E-state index in [4.69, 9.17) is 5.73 Å². The van der Waals surface area contributed by atoms with Gasteiger partial charge in [-0.1, -0.05) is 0 Å². The van der Waals surface area contributed by atoms with Crippen molar-refractivity contribution in [1.29, 1.82) is 0 Å². The Kier molecular flexibility index (Phi) is 3.62. The van der Waals surface area contributed by atoms with E-state index in [2.05, 4.69) is 4.99 Å². The van der Waals surface area contributed by atoms with Crippen LogP contribution in [-0.4, -0.2) is 12.4 Å². The standard InChI is InChI=1S/C6H12N2.ClH/c1-5(7)8-4-6-2-3-6;/h6H,2-4H2,1H3,(H2,7,8);1H. The molecule has 0 atom stereocenters. The molecule has 54 valence electrons. The number of nitrogens with zero attached hydrogens (tertiary/aromatic N) is 1. The Morgan fingerprint density at radius 3 is 2.56 bits per heavy atom. The van der Waals surface area contributed by atoms with Gasteiger partial charge in [0.15, 0.2) is 0 Å². The number of rotatable bonds is 2. The third kappa shape index (κ3) is 4.28. The summed E-state index contributed by atoms with van der Waals surface area (Å²) in [6.45, 7) is 2.80. The Balaban J connectivity index is 0.000000640. The fourth-order valence-corrected chi connectivity index (χ4v) is 0.574. The number of hydrogen-bond donors (Lipinski definition) is 1. The molecule has 1 rings (SSSR count). The Labute approximate surface area is 61.9 Å². The molecule has 0 amide bonds. The van der Waals surface area contributed by atoms with Gasteiger partial charge in [0.1, 0.15) is 0 Å². The maximum atomic E-state index is 5.32. The van der Waals surface area contributed by atoms with Gasteiger partial charge in [0.2, 0.25) is 0 Å². The van der Waals surface area contributed by atoms with Gasteiger partial charge in [0.25, 0.3) is 0 Å². The summed E-state index contributed by atoms with van der Waals surface area (Å²) >= 11 is 0. The van der Waals surface area contributed by atoms with Crippen molar-refractivity contribution in [2.75, 3.05) is 6.54 Å². The first-order chi connectivity index (χ1) is 3.79. The highest BCUT2D eigenvalue weighted by Crippen LogP contribution is 2.28. The topological polar surface area (TPSA) is 38.4 Å². The molecule has 0 aromatic carbocycles. The zero-order valence-corrected chi connectivity index (χ0v) is 6.45. The number of nitrogens with two attached hydrogens (primary N) is 1. The summed E-state index contributed by atoms with van der Waals surface area (Å²) in [5.41, 5.74) is 5.32. The third-order valence-corrected chi connectivity index (χ3v) is 1.30. The molecular formula is C6H13ClN2. The number of hydrogen-bond acceptors (Lipinski definition) is 1. The van der Waals surface area contributed by atoms with Gasteiger partial charge in [-0.15, -0.1) is 12.4 Å². The maximum absolute atomic E-state index is 5.32. The number of amidine groups is 1. The second-order valence-corrected chi connectivity index (χ2v) is 2.43. The fourth-order valence-electron chi connectivity index (χ4n) is 0.574. The van der Waals surface area contributed by atoms with Crippen molar-refractivity contribution >= 4 is 18.2 Å². The van der Waals surface area contributed by atoms with E-state index in [1.165, 1.54) is 12.8 Å². The van der Waals surface area contributed by atoms with Crippen molar-refractivity contribution in [3.63, 3.8) is 0 Å². The first-order valence-corrected chi connectivity index (χ1v) is 3.05. The molecule has 0 spiro atoms. The van der Waals surface area contributed by atoms with Crippen molar-refractivity contribution in [1.82, 2.24) is 0 Å². The van der Waals surface area contributed by atoms with Crippen LogP contribution in [0.3, 0.4) is 0 Å². The van der Waals surface area contributed by atoms with E-state index >= 15 is 0 Å². The number of halogens is 1. The van der Waals surface area contributed by atoms with Gasteiger partial charge in [0.05, 0.1) is 5.84 Å². The molecule has 1 aliphatic rings. The molecule has 0 bridgehead atoms. The Morgan fingerprint density at radius 1 is 1.67 bits per heavy atom. The molecule has 2 nitrogen and oxygen atoms in total. The average molecular weight is 149 g/mol. The summed E-state index contributed by atoms with van der Waals surface area (Å²) in [7, 11) is 0. The van der Waals surface area contributed by atoms with Crippen molar-refractivity contribution in [2.45, 2.75) is 19.8 Å². The zero-order valence-electron chi connectivity index (χ0n) is 5.63. The van der Waals surface area contributed by atoms with Crippen LogP contribution in [0.5, 0.6) is 0 Å². The molecule has 1 saturated carbocycles.